The maximum Gasteiger partial charge on any atom is 0.242 e. The highest BCUT2D eigenvalue weighted by Gasteiger charge is 2.25. The molecule has 1 atom stereocenters. The van der Waals surface area contributed by atoms with Crippen LogP contribution in [0.5, 0.6) is 0 Å². The van der Waals surface area contributed by atoms with Gasteiger partial charge in [-0.2, -0.15) is 0 Å². The molecule has 0 bridgehead atoms. The van der Waals surface area contributed by atoms with Crippen molar-refractivity contribution in [1.29, 1.82) is 0 Å². The van der Waals surface area contributed by atoms with Crippen LogP contribution >= 0.6 is 11.8 Å². The molecule has 0 aliphatic carbocycles. The largest absolute Gasteiger partial charge is 0.383 e. The first-order valence-corrected chi connectivity index (χ1v) is 11.5. The zero-order chi connectivity index (χ0) is 22.5. The second-order valence-corrected chi connectivity index (χ2v) is 8.82. The van der Waals surface area contributed by atoms with E-state index in [4.69, 9.17) is 9.72 Å². The van der Waals surface area contributed by atoms with Crippen molar-refractivity contribution >= 4 is 34.4 Å². The van der Waals surface area contributed by atoms with Gasteiger partial charge < -0.3 is 14.6 Å². The van der Waals surface area contributed by atoms with Gasteiger partial charge in [0.1, 0.15) is 5.25 Å². The maximum absolute atomic E-state index is 13.5. The van der Waals surface area contributed by atoms with Crippen LogP contribution in [0.15, 0.2) is 78.0 Å². The Morgan fingerprint density at radius 2 is 1.81 bits per heavy atom. The number of carbonyl (C=O) groups is 1. The van der Waals surface area contributed by atoms with E-state index < -0.39 is 5.25 Å². The van der Waals surface area contributed by atoms with Crippen molar-refractivity contribution in [3.8, 4) is 0 Å². The number of ether oxygens (including phenoxy) is 1. The monoisotopic (exact) mass is 445 g/mol. The van der Waals surface area contributed by atoms with E-state index in [0.29, 0.717) is 13.2 Å². The van der Waals surface area contributed by atoms with Gasteiger partial charge in [0.25, 0.3) is 0 Å². The van der Waals surface area contributed by atoms with Crippen LogP contribution < -0.4 is 5.32 Å². The first-order chi connectivity index (χ1) is 15.6. The summed E-state index contributed by atoms with van der Waals surface area (Å²) in [6.07, 6.45) is 0. The van der Waals surface area contributed by atoms with Gasteiger partial charge in [0.2, 0.25) is 5.91 Å². The molecule has 3 aromatic carbocycles. The third-order valence-electron chi connectivity index (χ3n) is 5.35. The standard InChI is InChI=1S/C26H27N3O2S/c1-18-13-14-19(2)22(17-18)27-25(30)24(20-9-5-4-6-10-20)32-26-28-21-11-7-8-12-23(21)29(26)15-16-31-3/h4-14,17,24H,15-16H2,1-3H3,(H,27,30)/t24-/m0/s1. The Labute approximate surface area is 192 Å². The van der Waals surface area contributed by atoms with Crippen LogP contribution in [0.2, 0.25) is 0 Å². The molecule has 5 nitrogen and oxygen atoms in total. The van der Waals surface area contributed by atoms with Crippen LogP contribution in [-0.4, -0.2) is 29.2 Å². The molecule has 4 rings (SSSR count). The Morgan fingerprint density at radius 3 is 2.59 bits per heavy atom. The molecule has 0 unspecified atom stereocenters. The molecule has 4 aromatic rings. The minimum atomic E-state index is -0.450. The number of rotatable bonds is 8. The van der Waals surface area contributed by atoms with Gasteiger partial charge in [-0.05, 0) is 48.7 Å². The summed E-state index contributed by atoms with van der Waals surface area (Å²) in [4.78, 5) is 18.4. The van der Waals surface area contributed by atoms with Gasteiger partial charge in [0.05, 0.1) is 17.6 Å². The van der Waals surface area contributed by atoms with Crippen molar-refractivity contribution in [2.45, 2.75) is 30.8 Å². The summed E-state index contributed by atoms with van der Waals surface area (Å²) in [6.45, 7) is 5.26. The van der Waals surface area contributed by atoms with E-state index in [1.165, 1.54) is 11.8 Å². The van der Waals surface area contributed by atoms with Gasteiger partial charge in [-0.1, -0.05) is 66.4 Å². The summed E-state index contributed by atoms with van der Waals surface area (Å²) in [5, 5.41) is 3.49. The Balaban J connectivity index is 1.71. The first kappa shape index (κ1) is 22.1. The van der Waals surface area contributed by atoms with Gasteiger partial charge >= 0.3 is 0 Å². The summed E-state index contributed by atoms with van der Waals surface area (Å²) < 4.78 is 7.45. The molecule has 1 N–H and O–H groups in total. The Bertz CT molecular complexity index is 1220. The molecule has 32 heavy (non-hydrogen) atoms. The highest BCUT2D eigenvalue weighted by Crippen LogP contribution is 2.37. The average molecular weight is 446 g/mol. The summed E-state index contributed by atoms with van der Waals surface area (Å²) in [6, 6.07) is 24.0. The van der Waals surface area contributed by atoms with Crippen molar-refractivity contribution in [2.24, 2.45) is 0 Å². The fraction of sp³-hybridized carbons (Fsp3) is 0.231. The molecule has 0 spiro atoms. The van der Waals surface area contributed by atoms with E-state index in [-0.39, 0.29) is 5.91 Å². The zero-order valence-corrected chi connectivity index (χ0v) is 19.4. The van der Waals surface area contributed by atoms with E-state index in [9.17, 15) is 4.79 Å². The number of carbonyl (C=O) groups excluding carboxylic acids is 1. The lowest BCUT2D eigenvalue weighted by atomic mass is 10.1. The van der Waals surface area contributed by atoms with Crippen LogP contribution in [0.1, 0.15) is 21.9 Å². The van der Waals surface area contributed by atoms with Crippen LogP contribution in [0.25, 0.3) is 11.0 Å². The van der Waals surface area contributed by atoms with Crippen molar-refractivity contribution in [3.05, 3.63) is 89.5 Å². The van der Waals surface area contributed by atoms with Crippen molar-refractivity contribution in [3.63, 3.8) is 0 Å². The average Bonchev–Trinajstić information content (AvgIpc) is 3.16. The predicted molar refractivity (Wildman–Crippen MR) is 131 cm³/mol. The number of hydrogen-bond donors (Lipinski definition) is 1. The lowest BCUT2D eigenvalue weighted by Gasteiger charge is -2.18. The Kier molecular flexibility index (Phi) is 6.93. The third kappa shape index (κ3) is 4.87. The Hall–Kier alpha value is -3.09. The quantitative estimate of drug-likeness (QED) is 0.350. The van der Waals surface area contributed by atoms with E-state index in [1.54, 1.807) is 7.11 Å². The number of aromatic nitrogens is 2. The van der Waals surface area contributed by atoms with Gasteiger partial charge in [0.15, 0.2) is 5.16 Å². The van der Waals surface area contributed by atoms with Crippen LogP contribution in [0, 0.1) is 13.8 Å². The SMILES string of the molecule is COCCn1c(S[C@H](C(=O)Nc2cc(C)ccc2C)c2ccccc2)nc2ccccc21. The highest BCUT2D eigenvalue weighted by atomic mass is 32.2. The molecular weight excluding hydrogens is 418 g/mol. The number of fused-ring (bicyclic) bond motifs is 1. The van der Waals surface area contributed by atoms with Crippen LogP contribution in [0.4, 0.5) is 5.69 Å². The molecule has 0 saturated carbocycles. The molecule has 6 heteroatoms. The second kappa shape index (κ2) is 10.0. The van der Waals surface area contributed by atoms with Crippen LogP contribution in [-0.2, 0) is 16.1 Å². The lowest BCUT2D eigenvalue weighted by Crippen LogP contribution is -2.20. The smallest absolute Gasteiger partial charge is 0.242 e. The number of aryl methyl sites for hydroxylation is 2. The molecule has 1 aromatic heterocycles. The van der Waals surface area contributed by atoms with Crippen molar-refractivity contribution in [2.75, 3.05) is 19.0 Å². The number of thioether (sulfide) groups is 1. The summed E-state index contributed by atoms with van der Waals surface area (Å²) in [7, 11) is 1.69. The minimum absolute atomic E-state index is 0.0692. The maximum atomic E-state index is 13.5. The first-order valence-electron chi connectivity index (χ1n) is 10.6. The number of benzene rings is 3. The predicted octanol–water partition coefficient (Wildman–Crippen LogP) is 5.77. The van der Waals surface area contributed by atoms with Crippen LogP contribution in [0.3, 0.4) is 0 Å². The Morgan fingerprint density at radius 1 is 1.06 bits per heavy atom. The molecule has 0 aliphatic heterocycles. The number of hydrogen-bond acceptors (Lipinski definition) is 4. The minimum Gasteiger partial charge on any atom is -0.383 e. The van der Waals surface area contributed by atoms with E-state index >= 15 is 0 Å². The highest BCUT2D eigenvalue weighted by molar-refractivity contribution is 8.00. The molecule has 0 saturated heterocycles. The fourth-order valence-electron chi connectivity index (χ4n) is 3.62. The van der Waals surface area contributed by atoms with E-state index in [2.05, 4.69) is 16.0 Å². The lowest BCUT2D eigenvalue weighted by molar-refractivity contribution is -0.115. The van der Waals surface area contributed by atoms with Crippen molar-refractivity contribution < 1.29 is 9.53 Å². The normalized spacial score (nSPS) is 12.1. The summed E-state index contributed by atoms with van der Waals surface area (Å²) in [5.74, 6) is -0.0692. The number of methoxy groups -OCH3 is 1. The molecule has 0 fully saturated rings. The summed E-state index contributed by atoms with van der Waals surface area (Å²) >= 11 is 1.47. The van der Waals surface area contributed by atoms with Gasteiger partial charge in [0, 0.05) is 19.3 Å². The topological polar surface area (TPSA) is 56.1 Å². The number of amides is 1. The molecule has 0 aliphatic rings. The number of anilines is 1. The molecule has 1 amide bonds. The van der Waals surface area contributed by atoms with E-state index in [1.807, 2.05) is 80.6 Å². The van der Waals surface area contributed by atoms with Gasteiger partial charge in [-0.15, -0.1) is 0 Å². The zero-order valence-electron chi connectivity index (χ0n) is 18.5. The number of imidazole rings is 1. The van der Waals surface area contributed by atoms with Gasteiger partial charge in [-0.25, -0.2) is 4.98 Å². The molecule has 164 valence electrons. The third-order valence-corrected chi connectivity index (χ3v) is 6.60. The van der Waals surface area contributed by atoms with Crippen molar-refractivity contribution in [1.82, 2.24) is 9.55 Å². The molecular formula is C26H27N3O2S. The second-order valence-electron chi connectivity index (χ2n) is 7.74. The summed E-state index contributed by atoms with van der Waals surface area (Å²) in [5.41, 5.74) is 5.86. The fourth-order valence-corrected chi connectivity index (χ4v) is 4.75. The van der Waals surface area contributed by atoms with E-state index in [0.717, 1.165) is 38.6 Å². The van der Waals surface area contributed by atoms with Gasteiger partial charge in [-0.3, -0.25) is 4.79 Å². The number of para-hydroxylation sites is 2. The number of nitrogens with zero attached hydrogens (tertiary/aromatic N) is 2. The number of nitrogens with one attached hydrogen (secondary N) is 1. The molecule has 1 heterocycles. The molecule has 0 radical (unpaired) electrons.